The number of benzene rings is 1. The summed E-state index contributed by atoms with van der Waals surface area (Å²) in [5.74, 6) is -0.214. The van der Waals surface area contributed by atoms with E-state index in [2.05, 4.69) is 4.90 Å². The van der Waals surface area contributed by atoms with E-state index in [0.717, 1.165) is 19.3 Å². The number of halogens is 1. The maximum Gasteiger partial charge on any atom is 0.255 e. The van der Waals surface area contributed by atoms with Crippen LogP contribution in [-0.2, 0) is 9.84 Å². The largest absolute Gasteiger partial charge is 0.336 e. The molecular weight excluding hydrogens is 300 g/mol. The lowest BCUT2D eigenvalue weighted by atomic mass is 10.2. The zero-order valence-corrected chi connectivity index (χ0v) is 13.0. The molecule has 0 saturated carbocycles. The van der Waals surface area contributed by atoms with Crippen molar-refractivity contribution in [1.82, 2.24) is 9.80 Å². The van der Waals surface area contributed by atoms with E-state index in [1.165, 1.54) is 18.2 Å². The van der Waals surface area contributed by atoms with Crippen LogP contribution >= 0.6 is 11.6 Å². The van der Waals surface area contributed by atoms with E-state index in [0.29, 0.717) is 13.1 Å². The molecule has 1 amide bonds. The summed E-state index contributed by atoms with van der Waals surface area (Å²) in [6.45, 7) is 2.84. The van der Waals surface area contributed by atoms with Crippen molar-refractivity contribution in [3.05, 3.63) is 28.8 Å². The van der Waals surface area contributed by atoms with Crippen molar-refractivity contribution in [3.63, 3.8) is 0 Å². The van der Waals surface area contributed by atoms with Crippen LogP contribution in [0.2, 0.25) is 5.02 Å². The Hall–Kier alpha value is -1.11. The van der Waals surface area contributed by atoms with Crippen molar-refractivity contribution in [3.8, 4) is 0 Å². The van der Waals surface area contributed by atoms with Crippen molar-refractivity contribution in [2.45, 2.75) is 4.90 Å². The Balaban J connectivity index is 2.30. The number of hydrogen-bond donors (Lipinski definition) is 0. The van der Waals surface area contributed by atoms with Crippen LogP contribution in [0.1, 0.15) is 10.4 Å². The SMILES string of the molecule is CN1CCN(C(=O)c2cc(S(C)(=O)=O)ccc2Cl)CC1. The molecule has 7 heteroatoms. The van der Waals surface area contributed by atoms with Gasteiger partial charge >= 0.3 is 0 Å². The quantitative estimate of drug-likeness (QED) is 0.821. The predicted octanol–water partition coefficient (Wildman–Crippen LogP) is 1.13. The second-order valence-electron chi connectivity index (χ2n) is 5.01. The molecule has 1 fully saturated rings. The second-order valence-corrected chi connectivity index (χ2v) is 7.43. The molecule has 1 saturated heterocycles. The predicted molar refractivity (Wildman–Crippen MR) is 78.0 cm³/mol. The molecule has 5 nitrogen and oxygen atoms in total. The van der Waals surface area contributed by atoms with E-state index in [4.69, 9.17) is 11.6 Å². The first kappa shape index (κ1) is 15.3. The minimum absolute atomic E-state index is 0.111. The maximum atomic E-state index is 12.4. The Morgan fingerprint density at radius 1 is 1.20 bits per heavy atom. The highest BCUT2D eigenvalue weighted by Crippen LogP contribution is 2.22. The summed E-state index contributed by atoms with van der Waals surface area (Å²) in [6.07, 6.45) is 1.11. The van der Waals surface area contributed by atoms with Crippen molar-refractivity contribution in [1.29, 1.82) is 0 Å². The summed E-state index contributed by atoms with van der Waals surface area (Å²) in [7, 11) is -1.35. The van der Waals surface area contributed by atoms with Crippen LogP contribution in [-0.4, -0.2) is 63.6 Å². The summed E-state index contributed by atoms with van der Waals surface area (Å²) >= 11 is 6.04. The van der Waals surface area contributed by atoms with E-state index >= 15 is 0 Å². The van der Waals surface area contributed by atoms with E-state index in [9.17, 15) is 13.2 Å². The molecular formula is C13H17ClN2O3S. The Morgan fingerprint density at radius 2 is 1.80 bits per heavy atom. The fraction of sp³-hybridized carbons (Fsp3) is 0.462. The highest BCUT2D eigenvalue weighted by molar-refractivity contribution is 7.90. The minimum atomic E-state index is -3.35. The van der Waals surface area contributed by atoms with Gasteiger partial charge in [0.2, 0.25) is 0 Å². The number of nitrogens with zero attached hydrogens (tertiary/aromatic N) is 2. The molecule has 1 heterocycles. The average Bonchev–Trinajstić information content (AvgIpc) is 2.38. The molecule has 0 aliphatic carbocycles. The lowest BCUT2D eigenvalue weighted by molar-refractivity contribution is 0.0664. The number of rotatable bonds is 2. The molecule has 0 bridgehead atoms. The van der Waals surface area contributed by atoms with Gasteiger partial charge in [0.1, 0.15) is 0 Å². The third-order valence-electron chi connectivity index (χ3n) is 3.39. The summed E-state index contributed by atoms with van der Waals surface area (Å²) < 4.78 is 23.1. The molecule has 110 valence electrons. The molecule has 1 aromatic rings. The fourth-order valence-electron chi connectivity index (χ4n) is 2.08. The zero-order chi connectivity index (χ0) is 14.9. The average molecular weight is 317 g/mol. The van der Waals surface area contributed by atoms with Gasteiger partial charge in [-0.1, -0.05) is 11.6 Å². The number of piperazine rings is 1. The Kier molecular flexibility index (Phi) is 4.36. The van der Waals surface area contributed by atoms with Crippen LogP contribution < -0.4 is 0 Å². The lowest BCUT2D eigenvalue weighted by Crippen LogP contribution is -2.47. The van der Waals surface area contributed by atoms with Crippen LogP contribution in [0.15, 0.2) is 23.1 Å². The first-order chi connectivity index (χ1) is 9.29. The summed E-state index contributed by atoms with van der Waals surface area (Å²) in [5.41, 5.74) is 0.249. The fourth-order valence-corrected chi connectivity index (χ4v) is 2.92. The molecule has 0 radical (unpaired) electrons. The van der Waals surface area contributed by atoms with Gasteiger partial charge < -0.3 is 9.80 Å². The Morgan fingerprint density at radius 3 is 2.35 bits per heavy atom. The van der Waals surface area contributed by atoms with Gasteiger partial charge in [-0.05, 0) is 25.2 Å². The number of amides is 1. The molecule has 2 rings (SSSR count). The minimum Gasteiger partial charge on any atom is -0.336 e. The number of carbonyl (C=O) groups excluding carboxylic acids is 1. The molecule has 0 spiro atoms. The molecule has 1 aliphatic heterocycles. The van der Waals surface area contributed by atoms with E-state index in [1.807, 2.05) is 7.05 Å². The Labute approximate surface area is 124 Å². The Bertz CT molecular complexity index is 623. The van der Waals surface area contributed by atoms with E-state index in [1.54, 1.807) is 4.90 Å². The zero-order valence-electron chi connectivity index (χ0n) is 11.5. The second kappa shape index (κ2) is 5.71. The van der Waals surface area contributed by atoms with Crippen LogP contribution in [0.3, 0.4) is 0 Å². The first-order valence-electron chi connectivity index (χ1n) is 6.26. The number of carbonyl (C=O) groups is 1. The van der Waals surface area contributed by atoms with Gasteiger partial charge in [0, 0.05) is 32.4 Å². The van der Waals surface area contributed by atoms with Gasteiger partial charge in [-0.15, -0.1) is 0 Å². The van der Waals surface area contributed by atoms with Crippen molar-refractivity contribution >= 4 is 27.3 Å². The van der Waals surface area contributed by atoms with E-state index in [-0.39, 0.29) is 21.4 Å². The molecule has 1 aromatic carbocycles. The van der Waals surface area contributed by atoms with Gasteiger partial charge in [0.05, 0.1) is 15.5 Å². The number of hydrogen-bond acceptors (Lipinski definition) is 4. The third-order valence-corrected chi connectivity index (χ3v) is 4.83. The first-order valence-corrected chi connectivity index (χ1v) is 8.53. The number of likely N-dealkylation sites (N-methyl/N-ethyl adjacent to an activating group) is 1. The van der Waals surface area contributed by atoms with Crippen LogP contribution in [0.4, 0.5) is 0 Å². The molecule has 20 heavy (non-hydrogen) atoms. The van der Waals surface area contributed by atoms with Crippen molar-refractivity contribution < 1.29 is 13.2 Å². The van der Waals surface area contributed by atoms with Gasteiger partial charge in [0.25, 0.3) is 5.91 Å². The maximum absolute atomic E-state index is 12.4. The molecule has 0 atom stereocenters. The topological polar surface area (TPSA) is 57.7 Å². The van der Waals surface area contributed by atoms with Gasteiger partial charge in [-0.25, -0.2) is 8.42 Å². The van der Waals surface area contributed by atoms with Crippen LogP contribution in [0.25, 0.3) is 0 Å². The number of sulfone groups is 1. The smallest absolute Gasteiger partial charge is 0.255 e. The third kappa shape index (κ3) is 3.31. The van der Waals surface area contributed by atoms with Gasteiger partial charge in [-0.3, -0.25) is 4.79 Å². The van der Waals surface area contributed by atoms with Gasteiger partial charge in [-0.2, -0.15) is 0 Å². The molecule has 0 N–H and O–H groups in total. The standard InChI is InChI=1S/C13H17ClN2O3S/c1-15-5-7-16(8-6-15)13(17)11-9-10(20(2,18)19)3-4-12(11)14/h3-4,9H,5-8H2,1-2H3. The molecule has 0 unspecified atom stereocenters. The van der Waals surface area contributed by atoms with Crippen LogP contribution in [0, 0.1) is 0 Å². The highest BCUT2D eigenvalue weighted by atomic mass is 35.5. The van der Waals surface area contributed by atoms with E-state index < -0.39 is 9.84 Å². The summed E-state index contributed by atoms with van der Waals surface area (Å²) in [4.78, 5) is 16.4. The highest BCUT2D eigenvalue weighted by Gasteiger charge is 2.23. The van der Waals surface area contributed by atoms with Crippen molar-refractivity contribution in [2.24, 2.45) is 0 Å². The monoisotopic (exact) mass is 316 g/mol. The molecule has 0 aromatic heterocycles. The van der Waals surface area contributed by atoms with Crippen LogP contribution in [0.5, 0.6) is 0 Å². The summed E-state index contributed by atoms with van der Waals surface area (Å²) in [5, 5.41) is 0.279. The summed E-state index contributed by atoms with van der Waals surface area (Å²) in [6, 6.07) is 4.23. The molecule has 1 aliphatic rings. The lowest BCUT2D eigenvalue weighted by Gasteiger charge is -2.32. The van der Waals surface area contributed by atoms with Crippen molar-refractivity contribution in [2.75, 3.05) is 39.5 Å². The normalized spacial score (nSPS) is 17.2. The van der Waals surface area contributed by atoms with Gasteiger partial charge in [0.15, 0.2) is 9.84 Å².